The van der Waals surface area contributed by atoms with E-state index in [1.54, 1.807) is 0 Å². The van der Waals surface area contributed by atoms with Gasteiger partial charge < -0.3 is 13.7 Å². The van der Waals surface area contributed by atoms with E-state index in [9.17, 15) is 0 Å². The van der Waals surface area contributed by atoms with Gasteiger partial charge in [0.15, 0.2) is 5.82 Å². The van der Waals surface area contributed by atoms with E-state index in [0.29, 0.717) is 5.82 Å². The van der Waals surface area contributed by atoms with Gasteiger partial charge in [0, 0.05) is 102 Å². The van der Waals surface area contributed by atoms with Gasteiger partial charge in [0.2, 0.25) is 0 Å². The first kappa shape index (κ1) is 55.5. The molecule has 21 aromatic rings. The molecule has 0 radical (unpaired) electrons. The largest absolute Gasteiger partial charge is 0.309 e. The molecule has 0 fully saturated rings. The molecule has 0 aliphatic carbocycles. The molecule has 21 rings (SSSR count). The van der Waals surface area contributed by atoms with Gasteiger partial charge in [0.25, 0.3) is 0 Å². The monoisotopic (exact) mass is 1300 g/mol. The lowest BCUT2D eigenvalue weighted by molar-refractivity contribution is 1.09. The summed E-state index contributed by atoms with van der Waals surface area (Å²) in [5.41, 5.74) is 20.5. The van der Waals surface area contributed by atoms with E-state index in [1.165, 1.54) is 89.0 Å². The van der Waals surface area contributed by atoms with Crippen LogP contribution in [-0.4, -0.2) is 38.6 Å². The second-order valence-corrected chi connectivity index (χ2v) is 27.6. The molecule has 0 unspecified atom stereocenters. The molecule has 460 valence electrons. The Morgan fingerprint density at radius 2 is 0.788 bits per heavy atom. The molecule has 0 saturated carbocycles. The van der Waals surface area contributed by atoms with Crippen molar-refractivity contribution in [2.24, 2.45) is 0 Å². The van der Waals surface area contributed by atoms with Crippen LogP contribution < -0.4 is 0 Å². The molecule has 99 heavy (non-hydrogen) atoms. The molecule has 0 aliphatic rings. The zero-order valence-electron chi connectivity index (χ0n) is 52.9. The quantitative estimate of drug-likeness (QED) is 0.144. The number of benzene rings is 12. The number of para-hydroxylation sites is 1. The summed E-state index contributed by atoms with van der Waals surface area (Å²) in [5.74, 6) is 0.690. The number of pyridine rings is 3. The lowest BCUT2D eigenvalue weighted by Crippen LogP contribution is -2.02. The van der Waals surface area contributed by atoms with Gasteiger partial charge in [-0.2, -0.15) is 0 Å². The van der Waals surface area contributed by atoms with Crippen LogP contribution in [0.25, 0.3) is 201 Å². The summed E-state index contributed by atoms with van der Waals surface area (Å²) >= 11 is 3.75. The minimum absolute atomic E-state index is 0.690. The van der Waals surface area contributed by atoms with Crippen LogP contribution in [0.3, 0.4) is 0 Å². The average Bonchev–Trinajstić information content (AvgIpc) is 1.56. The minimum atomic E-state index is 0.690. The normalized spacial score (nSPS) is 12.0. The summed E-state index contributed by atoms with van der Waals surface area (Å²) < 4.78 is 12.3. The first-order chi connectivity index (χ1) is 49.1. The molecule has 12 aromatic carbocycles. The second kappa shape index (κ2) is 21.9. The minimum Gasteiger partial charge on any atom is -0.309 e. The zero-order chi connectivity index (χ0) is 64.8. The fraction of sp³-hybridized carbons (Fsp3) is 0. The maximum atomic E-state index is 5.38. The molecule has 10 heteroatoms. The van der Waals surface area contributed by atoms with Crippen LogP contribution in [0.15, 0.2) is 316 Å². The summed E-state index contributed by atoms with van der Waals surface area (Å²) in [5, 5.41) is 14.7. The summed E-state index contributed by atoms with van der Waals surface area (Å²) in [7, 11) is 0. The van der Waals surface area contributed by atoms with Gasteiger partial charge in [-0.1, -0.05) is 182 Å². The van der Waals surface area contributed by atoms with Crippen molar-refractivity contribution in [2.75, 3.05) is 0 Å². The van der Waals surface area contributed by atoms with Gasteiger partial charge in [-0.3, -0.25) is 9.97 Å². The Hall–Kier alpha value is -12.7. The third-order valence-corrected chi connectivity index (χ3v) is 22.4. The van der Waals surface area contributed by atoms with Crippen LogP contribution in [0.1, 0.15) is 0 Å². The lowest BCUT2D eigenvalue weighted by atomic mass is 9.98. The van der Waals surface area contributed by atoms with Crippen LogP contribution >= 0.6 is 22.7 Å². The van der Waals surface area contributed by atoms with Gasteiger partial charge >= 0.3 is 0 Å². The van der Waals surface area contributed by atoms with Crippen molar-refractivity contribution < 1.29 is 0 Å². The fourth-order valence-electron chi connectivity index (χ4n) is 15.5. The Labute approximate surface area is 574 Å². The molecule has 0 saturated heterocycles. The lowest BCUT2D eigenvalue weighted by Gasteiger charge is -2.14. The van der Waals surface area contributed by atoms with E-state index in [4.69, 9.17) is 24.9 Å². The Bertz CT molecular complexity index is 6830. The highest BCUT2D eigenvalue weighted by Gasteiger charge is 2.25. The number of fused-ring (bicyclic) bond motifs is 19. The Kier molecular flexibility index (Phi) is 12.3. The van der Waals surface area contributed by atoms with Crippen molar-refractivity contribution in [1.82, 2.24) is 38.6 Å². The average molecular weight is 1300 g/mol. The number of nitrogens with zero attached hydrogens (tertiary/aromatic N) is 8. The summed E-state index contributed by atoms with van der Waals surface area (Å²) in [6.07, 6.45) is 5.68. The van der Waals surface area contributed by atoms with Gasteiger partial charge in [-0.05, 0) is 148 Å². The van der Waals surface area contributed by atoms with E-state index < -0.39 is 0 Å². The number of hydrogen-bond donors (Lipinski definition) is 0. The van der Waals surface area contributed by atoms with Crippen molar-refractivity contribution in [3.63, 3.8) is 0 Å². The fourth-order valence-corrected chi connectivity index (χ4v) is 18.0. The van der Waals surface area contributed by atoms with Crippen molar-refractivity contribution in [1.29, 1.82) is 0 Å². The highest BCUT2D eigenvalue weighted by molar-refractivity contribution is 7.27. The first-order valence-electron chi connectivity index (χ1n) is 33.3. The zero-order valence-corrected chi connectivity index (χ0v) is 54.5. The highest BCUT2D eigenvalue weighted by Crippen LogP contribution is 2.49. The molecular weight excluding hydrogens is 1250 g/mol. The van der Waals surface area contributed by atoms with Crippen LogP contribution in [-0.2, 0) is 0 Å². The number of aromatic nitrogens is 8. The topological polar surface area (TPSA) is 79.2 Å². The molecular formula is C89H52N8S2. The van der Waals surface area contributed by atoms with E-state index in [1.807, 2.05) is 95.9 Å². The number of hydrogen-bond acceptors (Lipinski definition) is 7. The molecule has 8 nitrogen and oxygen atoms in total. The Morgan fingerprint density at radius 3 is 1.52 bits per heavy atom. The van der Waals surface area contributed by atoms with E-state index in [2.05, 4.69) is 256 Å². The van der Waals surface area contributed by atoms with Crippen LogP contribution in [0.5, 0.6) is 0 Å². The predicted octanol–water partition coefficient (Wildman–Crippen LogP) is 23.8. The van der Waals surface area contributed by atoms with Gasteiger partial charge in [-0.25, -0.2) is 15.0 Å². The third-order valence-electron chi connectivity index (χ3n) is 20.0. The smallest absolute Gasteiger partial charge is 0.159 e. The summed E-state index contributed by atoms with van der Waals surface area (Å²) in [6, 6.07) is 108. The van der Waals surface area contributed by atoms with E-state index in [0.717, 1.165) is 106 Å². The van der Waals surface area contributed by atoms with Crippen molar-refractivity contribution in [2.45, 2.75) is 0 Å². The van der Waals surface area contributed by atoms with Gasteiger partial charge in [-0.15, -0.1) is 22.7 Å². The number of rotatable bonds is 9. The van der Waals surface area contributed by atoms with Crippen LogP contribution in [0.2, 0.25) is 0 Å². The SMILES string of the molecule is c1ccc(-c2ncc(-n3c4ccc(-c5ccc6c(c5)c5ccc(-c7ccc8sc9c(ccc%10c9c9c%11ccccc%11ccc9n%10-c9cc(-c%10ccccn%10)nc(-c%10ccccn%10)c9)c8c7)cc5n6-c5ccccc5)cc4c4c5sc6ccccc6c5ccc43)c(-c3ccccc3)n2)cc1. The van der Waals surface area contributed by atoms with Crippen LogP contribution in [0, 0.1) is 0 Å². The molecule has 0 N–H and O–H groups in total. The predicted molar refractivity (Wildman–Crippen MR) is 414 cm³/mol. The Balaban J connectivity index is 0.723. The molecule has 0 spiro atoms. The maximum absolute atomic E-state index is 5.38. The maximum Gasteiger partial charge on any atom is 0.159 e. The van der Waals surface area contributed by atoms with E-state index in [-0.39, 0.29) is 0 Å². The van der Waals surface area contributed by atoms with Crippen molar-refractivity contribution in [3.05, 3.63) is 316 Å². The highest BCUT2D eigenvalue weighted by atomic mass is 32.1. The van der Waals surface area contributed by atoms with E-state index >= 15 is 0 Å². The van der Waals surface area contributed by atoms with Crippen LogP contribution in [0.4, 0.5) is 0 Å². The molecule has 0 atom stereocenters. The molecule has 9 aromatic heterocycles. The summed E-state index contributed by atoms with van der Waals surface area (Å²) in [4.78, 5) is 25.2. The first-order valence-corrected chi connectivity index (χ1v) is 34.9. The second-order valence-electron chi connectivity index (χ2n) is 25.5. The van der Waals surface area contributed by atoms with Crippen molar-refractivity contribution in [3.8, 4) is 84.7 Å². The van der Waals surface area contributed by atoms with Crippen molar-refractivity contribution >= 4 is 139 Å². The summed E-state index contributed by atoms with van der Waals surface area (Å²) in [6.45, 7) is 0. The molecule has 0 bridgehead atoms. The third kappa shape index (κ3) is 8.66. The Morgan fingerprint density at radius 1 is 0.263 bits per heavy atom. The number of thiophene rings is 2. The molecule has 0 aliphatic heterocycles. The molecule has 0 amide bonds. The van der Waals surface area contributed by atoms with Gasteiger partial charge in [0.1, 0.15) is 0 Å². The molecule has 9 heterocycles. The van der Waals surface area contributed by atoms with Gasteiger partial charge in [0.05, 0.1) is 79.1 Å². The standard InChI is InChI=1S/C89H52N8S2/c1-4-19-54(20-5-1)86-80(52-92-89(94-86)55-21-6-2-7-22-55)97-75-39-33-57(48-69(75)84-77(97)41-36-65-64-26-12-13-29-81(64)98-87(65)84)56-32-38-74-67(46-56)63-35-30-59(49-79(63)95(74)60-23-8-3-9-24-60)58-34-43-82-68(47-58)66-37-42-78-85(88(66)99-82)83-62-25-11-10-18-53(62)31-40-76(83)96(78)61-50-72(70-27-14-16-44-90-70)93-73(51-61)71-28-15-17-45-91-71/h1-52H.